The predicted octanol–water partition coefficient (Wildman–Crippen LogP) is 3.33. The Morgan fingerprint density at radius 2 is 1.71 bits per heavy atom. The van der Waals surface area contributed by atoms with Gasteiger partial charge in [0, 0.05) is 5.69 Å². The van der Waals surface area contributed by atoms with Crippen molar-refractivity contribution in [2.75, 3.05) is 19.5 Å². The second-order valence-corrected chi connectivity index (χ2v) is 4.69. The lowest BCUT2D eigenvalue weighted by Gasteiger charge is -2.19. The molecular weight excluding hydrogens is 266 g/mol. The topological polar surface area (TPSA) is 47.6 Å². The van der Waals surface area contributed by atoms with E-state index in [2.05, 4.69) is 5.32 Å². The number of rotatable bonds is 5. The van der Waals surface area contributed by atoms with E-state index in [9.17, 15) is 4.79 Å². The number of carbonyl (C=O) groups is 1. The highest BCUT2D eigenvalue weighted by Crippen LogP contribution is 2.24. The molecule has 1 unspecified atom stereocenters. The quantitative estimate of drug-likeness (QED) is 0.856. The fraction of sp³-hybridized carbons (Fsp3) is 0.235. The fourth-order valence-electron chi connectivity index (χ4n) is 2.08. The van der Waals surface area contributed by atoms with Gasteiger partial charge in [-0.2, -0.15) is 0 Å². The van der Waals surface area contributed by atoms with Crippen molar-refractivity contribution in [2.24, 2.45) is 0 Å². The standard InChI is InChI=1S/C17H19NO3/c1-12-6-4-5-7-15(12)18-16(17(19)21-3)13-8-10-14(20-2)11-9-13/h4-11,16,18H,1-3H3. The van der Waals surface area contributed by atoms with E-state index >= 15 is 0 Å². The van der Waals surface area contributed by atoms with Crippen LogP contribution in [0.1, 0.15) is 17.2 Å². The summed E-state index contributed by atoms with van der Waals surface area (Å²) in [6.45, 7) is 1.99. The van der Waals surface area contributed by atoms with E-state index in [0.717, 1.165) is 22.6 Å². The lowest BCUT2D eigenvalue weighted by molar-refractivity contribution is -0.141. The van der Waals surface area contributed by atoms with Gasteiger partial charge in [0.05, 0.1) is 14.2 Å². The summed E-state index contributed by atoms with van der Waals surface area (Å²) in [4.78, 5) is 12.1. The van der Waals surface area contributed by atoms with Gasteiger partial charge in [0.1, 0.15) is 5.75 Å². The Bertz CT molecular complexity index is 608. The lowest BCUT2D eigenvalue weighted by Crippen LogP contribution is -2.22. The molecule has 21 heavy (non-hydrogen) atoms. The van der Waals surface area contributed by atoms with Crippen LogP contribution in [-0.2, 0) is 9.53 Å². The van der Waals surface area contributed by atoms with Crippen molar-refractivity contribution < 1.29 is 14.3 Å². The maximum Gasteiger partial charge on any atom is 0.332 e. The summed E-state index contributed by atoms with van der Waals surface area (Å²) in [5.74, 6) is 0.418. The first-order valence-corrected chi connectivity index (χ1v) is 6.69. The zero-order chi connectivity index (χ0) is 15.2. The van der Waals surface area contributed by atoms with Crippen LogP contribution in [0, 0.1) is 6.92 Å². The maximum absolute atomic E-state index is 12.1. The van der Waals surface area contributed by atoms with Gasteiger partial charge < -0.3 is 14.8 Å². The smallest absolute Gasteiger partial charge is 0.332 e. The summed E-state index contributed by atoms with van der Waals surface area (Å²) in [7, 11) is 3.00. The molecule has 110 valence electrons. The molecule has 0 saturated heterocycles. The van der Waals surface area contributed by atoms with Gasteiger partial charge in [0.15, 0.2) is 6.04 Å². The molecule has 2 aromatic rings. The largest absolute Gasteiger partial charge is 0.497 e. The molecule has 0 radical (unpaired) electrons. The minimum absolute atomic E-state index is 0.330. The summed E-state index contributed by atoms with van der Waals surface area (Å²) in [6.07, 6.45) is 0. The van der Waals surface area contributed by atoms with Gasteiger partial charge in [-0.15, -0.1) is 0 Å². The van der Waals surface area contributed by atoms with Gasteiger partial charge >= 0.3 is 5.97 Å². The van der Waals surface area contributed by atoms with E-state index in [1.165, 1.54) is 7.11 Å². The molecule has 0 bridgehead atoms. The van der Waals surface area contributed by atoms with E-state index in [0.29, 0.717) is 0 Å². The van der Waals surface area contributed by atoms with Gasteiger partial charge in [0.25, 0.3) is 0 Å². The van der Waals surface area contributed by atoms with Gasteiger partial charge in [-0.25, -0.2) is 4.79 Å². The Labute approximate surface area is 124 Å². The first-order chi connectivity index (χ1) is 10.2. The maximum atomic E-state index is 12.1. The Kier molecular flexibility index (Phi) is 4.82. The third kappa shape index (κ3) is 3.54. The van der Waals surface area contributed by atoms with Crippen molar-refractivity contribution in [2.45, 2.75) is 13.0 Å². The summed E-state index contributed by atoms with van der Waals surface area (Å²) < 4.78 is 10.0. The molecule has 2 aromatic carbocycles. The number of nitrogens with one attached hydrogen (secondary N) is 1. The Balaban J connectivity index is 2.30. The Hall–Kier alpha value is -2.49. The number of hydrogen-bond donors (Lipinski definition) is 1. The molecule has 0 heterocycles. The second kappa shape index (κ2) is 6.79. The number of para-hydroxylation sites is 1. The molecule has 0 aliphatic rings. The molecule has 0 fully saturated rings. The average molecular weight is 285 g/mol. The molecular formula is C17H19NO3. The average Bonchev–Trinajstić information content (AvgIpc) is 2.53. The van der Waals surface area contributed by atoms with Crippen LogP contribution >= 0.6 is 0 Å². The number of methoxy groups -OCH3 is 2. The fourth-order valence-corrected chi connectivity index (χ4v) is 2.08. The van der Waals surface area contributed by atoms with Crippen LogP contribution in [0.25, 0.3) is 0 Å². The molecule has 0 spiro atoms. The van der Waals surface area contributed by atoms with E-state index < -0.39 is 6.04 Å². The van der Waals surface area contributed by atoms with Gasteiger partial charge in [-0.3, -0.25) is 0 Å². The highest BCUT2D eigenvalue weighted by Gasteiger charge is 2.21. The van der Waals surface area contributed by atoms with Gasteiger partial charge in [-0.1, -0.05) is 30.3 Å². The number of hydrogen-bond acceptors (Lipinski definition) is 4. The number of anilines is 1. The van der Waals surface area contributed by atoms with Crippen molar-refractivity contribution in [3.8, 4) is 5.75 Å². The van der Waals surface area contributed by atoms with Crippen LogP contribution in [0.2, 0.25) is 0 Å². The third-order valence-electron chi connectivity index (χ3n) is 3.33. The Morgan fingerprint density at radius 3 is 2.29 bits per heavy atom. The number of esters is 1. The highest BCUT2D eigenvalue weighted by molar-refractivity contribution is 5.81. The molecule has 2 rings (SSSR count). The summed E-state index contributed by atoms with van der Waals surface area (Å²) in [6, 6.07) is 14.6. The van der Waals surface area contributed by atoms with Crippen molar-refractivity contribution in [1.82, 2.24) is 0 Å². The summed E-state index contributed by atoms with van der Waals surface area (Å²) in [5, 5.41) is 3.24. The van der Waals surface area contributed by atoms with Gasteiger partial charge in [0.2, 0.25) is 0 Å². The van der Waals surface area contributed by atoms with Crippen LogP contribution < -0.4 is 10.1 Å². The monoisotopic (exact) mass is 285 g/mol. The van der Waals surface area contributed by atoms with Crippen LogP contribution in [0.15, 0.2) is 48.5 Å². The highest BCUT2D eigenvalue weighted by atomic mass is 16.5. The van der Waals surface area contributed by atoms with Crippen LogP contribution in [0.5, 0.6) is 5.75 Å². The zero-order valence-corrected chi connectivity index (χ0v) is 12.4. The molecule has 4 nitrogen and oxygen atoms in total. The summed E-state index contributed by atoms with van der Waals surface area (Å²) in [5.41, 5.74) is 2.80. The molecule has 0 aliphatic heterocycles. The first kappa shape index (κ1) is 14.9. The van der Waals surface area contributed by atoms with Crippen molar-refractivity contribution in [1.29, 1.82) is 0 Å². The minimum atomic E-state index is -0.554. The zero-order valence-electron chi connectivity index (χ0n) is 12.4. The van der Waals surface area contributed by atoms with E-state index in [-0.39, 0.29) is 5.97 Å². The number of benzene rings is 2. The molecule has 0 saturated carbocycles. The summed E-state index contributed by atoms with van der Waals surface area (Å²) >= 11 is 0. The molecule has 1 N–H and O–H groups in total. The Morgan fingerprint density at radius 1 is 1.05 bits per heavy atom. The number of aryl methyl sites for hydroxylation is 1. The normalized spacial score (nSPS) is 11.6. The SMILES string of the molecule is COC(=O)C(Nc1ccccc1C)c1ccc(OC)cc1. The minimum Gasteiger partial charge on any atom is -0.497 e. The van der Waals surface area contributed by atoms with E-state index in [1.807, 2.05) is 55.5 Å². The third-order valence-corrected chi connectivity index (χ3v) is 3.33. The van der Waals surface area contributed by atoms with Crippen molar-refractivity contribution in [3.63, 3.8) is 0 Å². The molecule has 0 amide bonds. The van der Waals surface area contributed by atoms with E-state index in [4.69, 9.17) is 9.47 Å². The van der Waals surface area contributed by atoms with Crippen LogP contribution in [-0.4, -0.2) is 20.2 Å². The molecule has 0 aromatic heterocycles. The van der Waals surface area contributed by atoms with Crippen LogP contribution in [0.3, 0.4) is 0 Å². The molecule has 0 aliphatic carbocycles. The molecule has 4 heteroatoms. The number of ether oxygens (including phenoxy) is 2. The molecule has 1 atom stereocenters. The van der Waals surface area contributed by atoms with Crippen molar-refractivity contribution >= 4 is 11.7 Å². The lowest BCUT2D eigenvalue weighted by atomic mass is 10.1. The second-order valence-electron chi connectivity index (χ2n) is 4.69. The van der Waals surface area contributed by atoms with E-state index in [1.54, 1.807) is 7.11 Å². The first-order valence-electron chi connectivity index (χ1n) is 6.69. The van der Waals surface area contributed by atoms with Crippen LogP contribution in [0.4, 0.5) is 5.69 Å². The van der Waals surface area contributed by atoms with Crippen molar-refractivity contribution in [3.05, 3.63) is 59.7 Å². The number of carbonyl (C=O) groups excluding carboxylic acids is 1. The predicted molar refractivity (Wildman–Crippen MR) is 82.6 cm³/mol. The van der Waals surface area contributed by atoms with Gasteiger partial charge in [-0.05, 0) is 36.2 Å².